The van der Waals surface area contributed by atoms with Crippen LogP contribution in [0.5, 0.6) is 0 Å². The van der Waals surface area contributed by atoms with Gasteiger partial charge in [-0.3, -0.25) is 4.68 Å². The molecule has 2 aromatic rings. The van der Waals surface area contributed by atoms with E-state index in [1.165, 1.54) is 11.3 Å². The van der Waals surface area contributed by atoms with Crippen LogP contribution in [0.1, 0.15) is 16.8 Å². The SMILES string of the molecule is Cc1nn(C)c(N2CCc3ccccc32)c1C#N. The van der Waals surface area contributed by atoms with Crippen LogP contribution in [0.2, 0.25) is 0 Å². The van der Waals surface area contributed by atoms with E-state index in [0.717, 1.165) is 24.5 Å². The average molecular weight is 238 g/mol. The minimum Gasteiger partial charge on any atom is -0.325 e. The lowest BCUT2D eigenvalue weighted by Gasteiger charge is -2.19. The number of nitriles is 1. The molecule has 0 radical (unpaired) electrons. The van der Waals surface area contributed by atoms with E-state index in [9.17, 15) is 5.26 Å². The molecule has 0 amide bonds. The highest BCUT2D eigenvalue weighted by Crippen LogP contribution is 2.36. The Morgan fingerprint density at radius 2 is 2.11 bits per heavy atom. The van der Waals surface area contributed by atoms with Gasteiger partial charge in [0, 0.05) is 19.3 Å². The van der Waals surface area contributed by atoms with Crippen LogP contribution in [-0.4, -0.2) is 16.3 Å². The quantitative estimate of drug-likeness (QED) is 0.765. The molecule has 0 aliphatic carbocycles. The summed E-state index contributed by atoms with van der Waals surface area (Å²) in [5.74, 6) is 0.903. The summed E-state index contributed by atoms with van der Waals surface area (Å²) < 4.78 is 1.80. The molecule has 0 atom stereocenters. The molecule has 0 saturated carbocycles. The van der Waals surface area contributed by atoms with Crippen molar-refractivity contribution in [3.8, 4) is 6.07 Å². The van der Waals surface area contributed by atoms with E-state index in [0.29, 0.717) is 5.56 Å². The lowest BCUT2D eigenvalue weighted by atomic mass is 10.2. The number of hydrogen-bond donors (Lipinski definition) is 0. The smallest absolute Gasteiger partial charge is 0.149 e. The highest BCUT2D eigenvalue weighted by Gasteiger charge is 2.26. The van der Waals surface area contributed by atoms with Gasteiger partial charge in [-0.15, -0.1) is 0 Å². The lowest BCUT2D eigenvalue weighted by molar-refractivity contribution is 0.743. The monoisotopic (exact) mass is 238 g/mol. The van der Waals surface area contributed by atoms with Crippen LogP contribution in [0.3, 0.4) is 0 Å². The van der Waals surface area contributed by atoms with Crippen molar-refractivity contribution >= 4 is 11.5 Å². The summed E-state index contributed by atoms with van der Waals surface area (Å²) >= 11 is 0. The first-order valence-electron chi connectivity index (χ1n) is 6.01. The maximum atomic E-state index is 9.29. The van der Waals surface area contributed by atoms with Gasteiger partial charge in [-0.25, -0.2) is 0 Å². The number of aryl methyl sites for hydroxylation is 2. The van der Waals surface area contributed by atoms with Gasteiger partial charge in [0.1, 0.15) is 17.5 Å². The average Bonchev–Trinajstić information content (AvgIpc) is 2.89. The molecule has 4 heteroatoms. The Hall–Kier alpha value is -2.28. The molecule has 18 heavy (non-hydrogen) atoms. The number of nitrogens with zero attached hydrogens (tertiary/aromatic N) is 4. The van der Waals surface area contributed by atoms with E-state index in [1.54, 1.807) is 4.68 Å². The number of rotatable bonds is 1. The summed E-state index contributed by atoms with van der Waals surface area (Å²) in [4.78, 5) is 2.19. The molecule has 90 valence electrons. The van der Waals surface area contributed by atoms with Gasteiger partial charge in [0.15, 0.2) is 0 Å². The van der Waals surface area contributed by atoms with E-state index in [-0.39, 0.29) is 0 Å². The second-order valence-corrected chi connectivity index (χ2v) is 4.55. The highest BCUT2D eigenvalue weighted by molar-refractivity contribution is 5.72. The van der Waals surface area contributed by atoms with E-state index in [2.05, 4.69) is 34.3 Å². The van der Waals surface area contributed by atoms with Gasteiger partial charge in [-0.05, 0) is 25.0 Å². The number of para-hydroxylation sites is 1. The molecule has 1 aliphatic rings. The fourth-order valence-corrected chi connectivity index (χ4v) is 2.64. The Morgan fingerprint density at radius 1 is 1.33 bits per heavy atom. The fraction of sp³-hybridized carbons (Fsp3) is 0.286. The molecular weight excluding hydrogens is 224 g/mol. The summed E-state index contributed by atoms with van der Waals surface area (Å²) in [5, 5.41) is 13.6. The van der Waals surface area contributed by atoms with Gasteiger partial charge in [0.25, 0.3) is 0 Å². The minimum atomic E-state index is 0.675. The predicted molar refractivity (Wildman–Crippen MR) is 69.8 cm³/mol. The number of aromatic nitrogens is 2. The van der Waals surface area contributed by atoms with Crippen LogP contribution in [0.4, 0.5) is 11.5 Å². The first-order chi connectivity index (χ1) is 8.72. The van der Waals surface area contributed by atoms with Gasteiger partial charge in [0.05, 0.1) is 5.69 Å². The zero-order valence-corrected chi connectivity index (χ0v) is 10.5. The Bertz CT molecular complexity index is 648. The summed E-state index contributed by atoms with van der Waals surface area (Å²) in [6.45, 7) is 2.79. The van der Waals surface area contributed by atoms with Crippen LogP contribution < -0.4 is 4.90 Å². The maximum Gasteiger partial charge on any atom is 0.149 e. The summed E-state index contributed by atoms with van der Waals surface area (Å²) in [6, 6.07) is 10.6. The van der Waals surface area contributed by atoms with Crippen molar-refractivity contribution in [2.75, 3.05) is 11.4 Å². The highest BCUT2D eigenvalue weighted by atomic mass is 15.4. The van der Waals surface area contributed by atoms with E-state index < -0.39 is 0 Å². The third kappa shape index (κ3) is 1.41. The molecule has 0 saturated heterocycles. The Labute approximate surface area is 106 Å². The molecule has 2 heterocycles. The molecule has 1 aromatic heterocycles. The molecule has 0 N–H and O–H groups in total. The minimum absolute atomic E-state index is 0.675. The molecule has 3 rings (SSSR count). The molecule has 4 nitrogen and oxygen atoms in total. The van der Waals surface area contributed by atoms with Crippen molar-refractivity contribution in [1.82, 2.24) is 9.78 Å². The van der Waals surface area contributed by atoms with Crippen molar-refractivity contribution < 1.29 is 0 Å². The zero-order valence-electron chi connectivity index (χ0n) is 10.5. The Kier molecular flexibility index (Phi) is 2.34. The van der Waals surface area contributed by atoms with Crippen molar-refractivity contribution in [3.63, 3.8) is 0 Å². The number of fused-ring (bicyclic) bond motifs is 1. The second kappa shape index (κ2) is 3.88. The Morgan fingerprint density at radius 3 is 2.89 bits per heavy atom. The van der Waals surface area contributed by atoms with Crippen molar-refractivity contribution in [3.05, 3.63) is 41.1 Å². The number of hydrogen-bond acceptors (Lipinski definition) is 3. The van der Waals surface area contributed by atoms with Crippen LogP contribution >= 0.6 is 0 Å². The first-order valence-corrected chi connectivity index (χ1v) is 6.01. The molecule has 0 spiro atoms. The standard InChI is InChI=1S/C14H14N4/c1-10-12(9-15)14(17(2)16-10)18-8-7-11-5-3-4-6-13(11)18/h3-6H,7-8H2,1-2H3. The van der Waals surface area contributed by atoms with Gasteiger partial charge < -0.3 is 4.90 Å². The Balaban J connectivity index is 2.16. The number of benzene rings is 1. The zero-order chi connectivity index (χ0) is 12.7. The van der Waals surface area contributed by atoms with Gasteiger partial charge in [-0.2, -0.15) is 10.4 Å². The largest absolute Gasteiger partial charge is 0.325 e. The maximum absolute atomic E-state index is 9.29. The summed E-state index contributed by atoms with van der Waals surface area (Å²) in [7, 11) is 1.89. The predicted octanol–water partition coefficient (Wildman–Crippen LogP) is 2.29. The van der Waals surface area contributed by atoms with E-state index in [1.807, 2.05) is 20.0 Å². The van der Waals surface area contributed by atoms with Crippen LogP contribution in [0, 0.1) is 18.3 Å². The normalized spacial score (nSPS) is 13.5. The molecule has 0 unspecified atom stereocenters. The van der Waals surface area contributed by atoms with E-state index >= 15 is 0 Å². The number of anilines is 2. The molecule has 1 aromatic carbocycles. The topological polar surface area (TPSA) is 44.9 Å². The third-order valence-electron chi connectivity index (χ3n) is 3.45. The van der Waals surface area contributed by atoms with Gasteiger partial charge >= 0.3 is 0 Å². The lowest BCUT2D eigenvalue weighted by Crippen LogP contribution is -2.17. The fourth-order valence-electron chi connectivity index (χ4n) is 2.64. The van der Waals surface area contributed by atoms with Crippen LogP contribution in [0.15, 0.2) is 24.3 Å². The molecule has 0 bridgehead atoms. The molecular formula is C14H14N4. The van der Waals surface area contributed by atoms with E-state index in [4.69, 9.17) is 0 Å². The van der Waals surface area contributed by atoms with Crippen molar-refractivity contribution in [1.29, 1.82) is 5.26 Å². The second-order valence-electron chi connectivity index (χ2n) is 4.55. The van der Waals surface area contributed by atoms with Crippen LogP contribution in [-0.2, 0) is 13.5 Å². The van der Waals surface area contributed by atoms with Gasteiger partial charge in [0.2, 0.25) is 0 Å². The first kappa shape index (κ1) is 10.8. The van der Waals surface area contributed by atoms with Crippen LogP contribution in [0.25, 0.3) is 0 Å². The summed E-state index contributed by atoms with van der Waals surface area (Å²) in [5.41, 5.74) is 3.99. The van der Waals surface area contributed by atoms with Gasteiger partial charge in [-0.1, -0.05) is 18.2 Å². The molecule has 0 fully saturated rings. The van der Waals surface area contributed by atoms with Crippen molar-refractivity contribution in [2.24, 2.45) is 7.05 Å². The van der Waals surface area contributed by atoms with Crippen molar-refractivity contribution in [2.45, 2.75) is 13.3 Å². The third-order valence-corrected chi connectivity index (χ3v) is 3.45. The molecule has 1 aliphatic heterocycles. The summed E-state index contributed by atoms with van der Waals surface area (Å²) in [6.07, 6.45) is 1.02.